The number of hydrogen-bond acceptors (Lipinski definition) is 1. The molecule has 0 bridgehead atoms. The molecule has 1 heteroatoms. The molecule has 0 aromatic rings. The van der Waals surface area contributed by atoms with E-state index in [2.05, 4.69) is 18.5 Å². The lowest BCUT2D eigenvalue weighted by Crippen LogP contribution is -1.78. The van der Waals surface area contributed by atoms with Crippen molar-refractivity contribution < 1.29 is 0 Å². The van der Waals surface area contributed by atoms with Gasteiger partial charge in [0, 0.05) is 17.8 Å². The maximum absolute atomic E-state index is 4.19. The van der Waals surface area contributed by atoms with Gasteiger partial charge in [0.1, 0.15) is 0 Å². The molecular weight excluding hydrogens is 110 g/mol. The summed E-state index contributed by atoms with van der Waals surface area (Å²) < 4.78 is 0. The Labute approximate surface area is 56.5 Å². The Bertz CT molecular complexity index is 132. The summed E-state index contributed by atoms with van der Waals surface area (Å²) in [6.45, 7) is 5.94. The number of rotatable bonds is 3. The molecule has 1 nitrogen and oxygen atoms in total. The van der Waals surface area contributed by atoms with Crippen molar-refractivity contribution in [3.8, 4) is 0 Å². The van der Waals surface area contributed by atoms with Gasteiger partial charge in [-0.1, -0.05) is 13.5 Å². The molecule has 0 amide bonds. The van der Waals surface area contributed by atoms with E-state index in [0.29, 0.717) is 0 Å². The highest BCUT2D eigenvalue weighted by atomic mass is 14.7. The third-order valence-corrected chi connectivity index (χ3v) is 1.49. The van der Waals surface area contributed by atoms with Crippen molar-refractivity contribution in [2.75, 3.05) is 0 Å². The molecule has 0 spiro atoms. The predicted molar refractivity (Wildman–Crippen MR) is 40.6 cm³/mol. The van der Waals surface area contributed by atoms with Crippen LogP contribution in [0, 0.1) is 5.92 Å². The minimum absolute atomic E-state index is 0.729. The fraction of sp³-hybridized carbons (Fsp3) is 0.625. The maximum Gasteiger partial charge on any atom is 0.0358 e. The summed E-state index contributed by atoms with van der Waals surface area (Å²) in [5, 5.41) is 0. The summed E-state index contributed by atoms with van der Waals surface area (Å²) in [5.41, 5.74) is 1.08. The van der Waals surface area contributed by atoms with Crippen molar-refractivity contribution in [3.63, 3.8) is 0 Å². The normalized spacial score (nSPS) is 18.8. The maximum atomic E-state index is 4.19. The van der Waals surface area contributed by atoms with Crippen LogP contribution in [-0.4, -0.2) is 6.21 Å². The van der Waals surface area contributed by atoms with E-state index in [1.165, 1.54) is 12.8 Å². The molecular formula is C8H13N. The summed E-state index contributed by atoms with van der Waals surface area (Å²) >= 11 is 0. The molecule has 0 heterocycles. The van der Waals surface area contributed by atoms with Crippen LogP contribution < -0.4 is 0 Å². The molecule has 0 saturated heterocycles. The SMILES string of the molecule is C=C(N=CCC)C1CC1. The first-order valence-corrected chi connectivity index (χ1v) is 3.56. The zero-order chi connectivity index (χ0) is 6.69. The van der Waals surface area contributed by atoms with Gasteiger partial charge in [-0.25, -0.2) is 0 Å². The van der Waals surface area contributed by atoms with Crippen molar-refractivity contribution in [2.45, 2.75) is 26.2 Å². The van der Waals surface area contributed by atoms with Crippen molar-refractivity contribution in [1.29, 1.82) is 0 Å². The topological polar surface area (TPSA) is 12.4 Å². The summed E-state index contributed by atoms with van der Waals surface area (Å²) in [6, 6.07) is 0. The van der Waals surface area contributed by atoms with E-state index in [9.17, 15) is 0 Å². The molecule has 1 rings (SSSR count). The van der Waals surface area contributed by atoms with Crippen molar-refractivity contribution in [1.82, 2.24) is 0 Å². The van der Waals surface area contributed by atoms with Crippen LogP contribution in [0.25, 0.3) is 0 Å². The number of nitrogens with zero attached hydrogens (tertiary/aromatic N) is 1. The molecule has 0 aliphatic heterocycles. The molecule has 50 valence electrons. The van der Waals surface area contributed by atoms with E-state index < -0.39 is 0 Å². The van der Waals surface area contributed by atoms with Gasteiger partial charge in [-0.2, -0.15) is 0 Å². The Morgan fingerprint density at radius 1 is 1.78 bits per heavy atom. The quantitative estimate of drug-likeness (QED) is 0.511. The average molecular weight is 123 g/mol. The van der Waals surface area contributed by atoms with Gasteiger partial charge in [0.2, 0.25) is 0 Å². The lowest BCUT2D eigenvalue weighted by molar-refractivity contribution is 0.988. The van der Waals surface area contributed by atoms with Crippen LogP contribution in [0.1, 0.15) is 26.2 Å². The molecule has 0 unspecified atom stereocenters. The van der Waals surface area contributed by atoms with Gasteiger partial charge >= 0.3 is 0 Å². The molecule has 0 aromatic carbocycles. The van der Waals surface area contributed by atoms with Crippen LogP contribution in [0.5, 0.6) is 0 Å². The fourth-order valence-corrected chi connectivity index (χ4v) is 0.731. The lowest BCUT2D eigenvalue weighted by Gasteiger charge is -1.90. The Morgan fingerprint density at radius 3 is 2.89 bits per heavy atom. The minimum atomic E-state index is 0.729. The molecule has 1 aliphatic rings. The molecule has 1 fully saturated rings. The van der Waals surface area contributed by atoms with Gasteiger partial charge in [-0.15, -0.1) is 0 Å². The van der Waals surface area contributed by atoms with Crippen LogP contribution in [0.4, 0.5) is 0 Å². The van der Waals surface area contributed by atoms with Crippen molar-refractivity contribution in [2.24, 2.45) is 10.9 Å². The Morgan fingerprint density at radius 2 is 2.44 bits per heavy atom. The first kappa shape index (κ1) is 6.53. The minimum Gasteiger partial charge on any atom is -0.266 e. The zero-order valence-electron chi connectivity index (χ0n) is 5.93. The van der Waals surface area contributed by atoms with E-state index in [1.54, 1.807) is 0 Å². The third-order valence-electron chi connectivity index (χ3n) is 1.49. The van der Waals surface area contributed by atoms with E-state index in [-0.39, 0.29) is 0 Å². The molecule has 0 radical (unpaired) electrons. The number of allylic oxidation sites excluding steroid dienone is 1. The second kappa shape index (κ2) is 2.81. The lowest BCUT2D eigenvalue weighted by atomic mass is 10.3. The summed E-state index contributed by atoms with van der Waals surface area (Å²) in [5.74, 6) is 0.729. The fourth-order valence-electron chi connectivity index (χ4n) is 0.731. The smallest absolute Gasteiger partial charge is 0.0358 e. The van der Waals surface area contributed by atoms with Crippen molar-refractivity contribution in [3.05, 3.63) is 12.3 Å². The second-order valence-electron chi connectivity index (χ2n) is 2.49. The van der Waals surface area contributed by atoms with Crippen molar-refractivity contribution >= 4 is 6.21 Å². The van der Waals surface area contributed by atoms with Gasteiger partial charge in [0.15, 0.2) is 0 Å². The average Bonchev–Trinajstić information content (AvgIpc) is 2.63. The van der Waals surface area contributed by atoms with Gasteiger partial charge in [0.25, 0.3) is 0 Å². The summed E-state index contributed by atoms with van der Waals surface area (Å²) in [6.07, 6.45) is 5.56. The highest BCUT2D eigenvalue weighted by Gasteiger charge is 2.23. The molecule has 0 atom stereocenters. The monoisotopic (exact) mass is 123 g/mol. The molecule has 1 aliphatic carbocycles. The predicted octanol–water partition coefficient (Wildman–Crippen LogP) is 2.39. The van der Waals surface area contributed by atoms with Crippen LogP contribution >= 0.6 is 0 Å². The third kappa shape index (κ3) is 2.00. The van der Waals surface area contributed by atoms with E-state index >= 15 is 0 Å². The second-order valence-corrected chi connectivity index (χ2v) is 2.49. The molecule has 9 heavy (non-hydrogen) atoms. The first-order chi connectivity index (χ1) is 4.34. The van der Waals surface area contributed by atoms with Gasteiger partial charge in [-0.05, 0) is 19.3 Å². The molecule has 0 aromatic heterocycles. The van der Waals surface area contributed by atoms with Gasteiger partial charge in [-0.3, -0.25) is 4.99 Å². The Balaban J connectivity index is 2.25. The number of aliphatic imine (C=N–C) groups is 1. The zero-order valence-corrected chi connectivity index (χ0v) is 5.93. The highest BCUT2D eigenvalue weighted by Crippen LogP contribution is 2.35. The van der Waals surface area contributed by atoms with Crippen LogP contribution in [-0.2, 0) is 0 Å². The Kier molecular flexibility index (Phi) is 2.04. The van der Waals surface area contributed by atoms with Gasteiger partial charge < -0.3 is 0 Å². The van der Waals surface area contributed by atoms with Crippen LogP contribution in [0.15, 0.2) is 17.3 Å². The van der Waals surface area contributed by atoms with E-state index in [1.807, 2.05) is 6.21 Å². The first-order valence-electron chi connectivity index (χ1n) is 3.56. The molecule has 0 N–H and O–H groups in total. The summed E-state index contributed by atoms with van der Waals surface area (Å²) in [4.78, 5) is 4.19. The highest BCUT2D eigenvalue weighted by molar-refractivity contribution is 5.58. The van der Waals surface area contributed by atoms with E-state index in [4.69, 9.17) is 0 Å². The summed E-state index contributed by atoms with van der Waals surface area (Å²) in [7, 11) is 0. The largest absolute Gasteiger partial charge is 0.266 e. The van der Waals surface area contributed by atoms with Gasteiger partial charge in [0.05, 0.1) is 0 Å². The number of hydrogen-bond donors (Lipinski definition) is 0. The van der Waals surface area contributed by atoms with Crippen LogP contribution in [0.3, 0.4) is 0 Å². The molecule has 1 saturated carbocycles. The van der Waals surface area contributed by atoms with Crippen LogP contribution in [0.2, 0.25) is 0 Å². The van der Waals surface area contributed by atoms with E-state index in [0.717, 1.165) is 18.0 Å². The Hall–Kier alpha value is -0.590. The standard InChI is InChI=1S/C8H13N/c1-3-6-9-7(2)8-4-5-8/h6,8H,2-5H2,1H3.